The van der Waals surface area contributed by atoms with Crippen LogP contribution in [0.1, 0.15) is 36.7 Å². The molecule has 2 fully saturated rings. The molecule has 1 aromatic rings. The van der Waals surface area contributed by atoms with Gasteiger partial charge in [-0.15, -0.1) is 11.3 Å². The molecule has 0 unspecified atom stereocenters. The molecule has 3 rings (SSSR count). The van der Waals surface area contributed by atoms with Crippen molar-refractivity contribution in [2.24, 2.45) is 5.92 Å². The van der Waals surface area contributed by atoms with Crippen LogP contribution in [0.5, 0.6) is 0 Å². The van der Waals surface area contributed by atoms with Gasteiger partial charge in [-0.25, -0.2) is 4.98 Å². The van der Waals surface area contributed by atoms with Crippen LogP contribution < -0.4 is 0 Å². The van der Waals surface area contributed by atoms with Crippen LogP contribution in [0.15, 0.2) is 10.9 Å². The number of rotatable bonds is 5. The Balaban J connectivity index is 1.50. The van der Waals surface area contributed by atoms with Crippen LogP contribution in [-0.2, 0) is 9.47 Å². The lowest BCUT2D eigenvalue weighted by Gasteiger charge is -2.53. The molecular formula is C15H22N2O3S. The van der Waals surface area contributed by atoms with E-state index in [1.54, 1.807) is 10.9 Å². The number of carbonyl (C=O) groups excluding carboxylic acids is 1. The molecule has 116 valence electrons. The van der Waals surface area contributed by atoms with E-state index in [4.69, 9.17) is 9.47 Å². The van der Waals surface area contributed by atoms with Gasteiger partial charge in [-0.2, -0.15) is 0 Å². The van der Waals surface area contributed by atoms with Gasteiger partial charge in [0.2, 0.25) is 0 Å². The Morgan fingerprint density at radius 1 is 1.62 bits per heavy atom. The molecule has 0 N–H and O–H groups in total. The predicted molar refractivity (Wildman–Crippen MR) is 80.5 cm³/mol. The molecule has 6 heteroatoms. The van der Waals surface area contributed by atoms with Gasteiger partial charge in [-0.05, 0) is 32.1 Å². The summed E-state index contributed by atoms with van der Waals surface area (Å²) in [5.41, 5.74) is 2.14. The summed E-state index contributed by atoms with van der Waals surface area (Å²) < 4.78 is 11.4. The molecule has 21 heavy (non-hydrogen) atoms. The van der Waals surface area contributed by atoms with E-state index in [-0.39, 0.29) is 11.5 Å². The Labute approximate surface area is 129 Å². The fourth-order valence-corrected chi connectivity index (χ4v) is 3.79. The molecule has 0 bridgehead atoms. The number of aromatic nitrogens is 1. The number of ether oxygens (including phenoxy) is 2. The zero-order valence-electron chi connectivity index (χ0n) is 12.4. The second kappa shape index (κ2) is 6.42. The highest BCUT2D eigenvalue weighted by molar-refractivity contribution is 7.07. The second-order valence-electron chi connectivity index (χ2n) is 5.91. The summed E-state index contributed by atoms with van der Waals surface area (Å²) in [7, 11) is 0. The molecule has 3 heterocycles. The van der Waals surface area contributed by atoms with Gasteiger partial charge in [0, 0.05) is 25.2 Å². The lowest BCUT2D eigenvalue weighted by atomic mass is 9.79. The maximum atomic E-state index is 12.2. The number of thiazole rings is 1. The quantitative estimate of drug-likeness (QED) is 0.782. The van der Waals surface area contributed by atoms with Crippen LogP contribution in [0.25, 0.3) is 0 Å². The van der Waals surface area contributed by atoms with Gasteiger partial charge in [0.15, 0.2) is 0 Å². The molecule has 5 nitrogen and oxygen atoms in total. The lowest BCUT2D eigenvalue weighted by Crippen LogP contribution is -2.66. The predicted octanol–water partition coefficient (Wildman–Crippen LogP) is 2.19. The summed E-state index contributed by atoms with van der Waals surface area (Å²) in [5, 5.41) is 1.81. The number of hydrogen-bond donors (Lipinski definition) is 0. The molecule has 2 saturated heterocycles. The van der Waals surface area contributed by atoms with E-state index in [1.807, 2.05) is 11.8 Å². The first-order valence-corrected chi connectivity index (χ1v) is 8.56. The smallest absolute Gasteiger partial charge is 0.273 e. The van der Waals surface area contributed by atoms with Crippen LogP contribution in [0.2, 0.25) is 0 Å². The Bertz CT molecular complexity index is 471. The number of likely N-dealkylation sites (tertiary alicyclic amines) is 1. The molecule has 0 saturated carbocycles. The summed E-state index contributed by atoms with van der Waals surface area (Å²) in [5.74, 6) is 0.684. The Morgan fingerprint density at radius 2 is 2.48 bits per heavy atom. The van der Waals surface area contributed by atoms with E-state index in [9.17, 15) is 4.79 Å². The molecule has 1 aromatic heterocycles. The topological polar surface area (TPSA) is 51.7 Å². The van der Waals surface area contributed by atoms with Crippen molar-refractivity contribution >= 4 is 17.2 Å². The molecule has 0 radical (unpaired) electrons. The van der Waals surface area contributed by atoms with Crippen molar-refractivity contribution < 1.29 is 14.3 Å². The first kappa shape index (κ1) is 14.9. The molecule has 1 spiro atoms. The van der Waals surface area contributed by atoms with E-state index in [1.165, 1.54) is 11.3 Å². The van der Waals surface area contributed by atoms with Crippen LogP contribution in [0.4, 0.5) is 0 Å². The van der Waals surface area contributed by atoms with Crippen molar-refractivity contribution in [3.63, 3.8) is 0 Å². The maximum absolute atomic E-state index is 12.2. The van der Waals surface area contributed by atoms with Crippen molar-refractivity contribution in [3.8, 4) is 0 Å². The maximum Gasteiger partial charge on any atom is 0.273 e. The van der Waals surface area contributed by atoms with Gasteiger partial charge in [-0.3, -0.25) is 4.79 Å². The van der Waals surface area contributed by atoms with Crippen LogP contribution >= 0.6 is 11.3 Å². The number of nitrogens with zero attached hydrogens (tertiary/aromatic N) is 2. The summed E-state index contributed by atoms with van der Waals surface area (Å²) in [6, 6.07) is 0. The van der Waals surface area contributed by atoms with Gasteiger partial charge < -0.3 is 14.4 Å². The Hall–Kier alpha value is -0.980. The third-order valence-electron chi connectivity index (χ3n) is 4.37. The third-order valence-corrected chi connectivity index (χ3v) is 4.95. The van der Waals surface area contributed by atoms with Crippen LogP contribution in [0, 0.1) is 5.92 Å². The van der Waals surface area contributed by atoms with Crippen molar-refractivity contribution in [3.05, 3.63) is 16.6 Å². The normalized spacial score (nSPS) is 24.0. The zero-order chi connectivity index (χ0) is 14.7. The minimum Gasteiger partial charge on any atom is -0.382 e. The molecule has 0 aromatic carbocycles. The minimum absolute atomic E-state index is 0.0296. The number of carbonyl (C=O) groups is 1. The van der Waals surface area contributed by atoms with E-state index in [0.29, 0.717) is 24.7 Å². The van der Waals surface area contributed by atoms with E-state index >= 15 is 0 Å². The van der Waals surface area contributed by atoms with Crippen molar-refractivity contribution in [1.82, 2.24) is 9.88 Å². The molecule has 1 atom stereocenters. The summed E-state index contributed by atoms with van der Waals surface area (Å²) in [6.45, 7) is 5.85. The van der Waals surface area contributed by atoms with E-state index in [0.717, 1.165) is 39.1 Å². The SMILES string of the molecule is CCOCC[C@H]1CCOC2(C1)CN(C(=O)c1cscn1)C2. The van der Waals surface area contributed by atoms with Crippen molar-refractivity contribution in [2.45, 2.75) is 31.8 Å². The third kappa shape index (κ3) is 3.27. The standard InChI is InChI=1S/C15H22N2O3S/c1-2-19-5-3-12-4-6-20-15(7-12)9-17(10-15)14(18)13-8-21-11-16-13/h8,11-12H,2-7,9-10H2,1H3/t12-/m0/s1. The average molecular weight is 310 g/mol. The number of amides is 1. The van der Waals surface area contributed by atoms with Gasteiger partial charge in [0.25, 0.3) is 5.91 Å². The highest BCUT2D eigenvalue weighted by Gasteiger charge is 2.49. The van der Waals surface area contributed by atoms with E-state index in [2.05, 4.69) is 4.98 Å². The van der Waals surface area contributed by atoms with Crippen LogP contribution in [-0.4, -0.2) is 54.3 Å². The fraction of sp³-hybridized carbons (Fsp3) is 0.733. The van der Waals surface area contributed by atoms with Gasteiger partial charge >= 0.3 is 0 Å². The van der Waals surface area contributed by atoms with Crippen molar-refractivity contribution in [2.75, 3.05) is 32.9 Å². The van der Waals surface area contributed by atoms with Crippen LogP contribution in [0.3, 0.4) is 0 Å². The zero-order valence-corrected chi connectivity index (χ0v) is 13.2. The van der Waals surface area contributed by atoms with Crippen molar-refractivity contribution in [1.29, 1.82) is 0 Å². The second-order valence-corrected chi connectivity index (χ2v) is 6.63. The van der Waals surface area contributed by atoms with Gasteiger partial charge in [0.1, 0.15) is 11.3 Å². The lowest BCUT2D eigenvalue weighted by molar-refractivity contribution is -0.167. The number of hydrogen-bond acceptors (Lipinski definition) is 5. The first-order valence-electron chi connectivity index (χ1n) is 7.61. The fourth-order valence-electron chi connectivity index (χ4n) is 3.26. The largest absolute Gasteiger partial charge is 0.382 e. The molecule has 1 amide bonds. The first-order chi connectivity index (χ1) is 10.2. The average Bonchev–Trinajstić information content (AvgIpc) is 2.99. The Kier molecular flexibility index (Phi) is 4.57. The summed E-state index contributed by atoms with van der Waals surface area (Å²) in [6.07, 6.45) is 3.24. The highest BCUT2D eigenvalue weighted by Crippen LogP contribution is 2.38. The summed E-state index contributed by atoms with van der Waals surface area (Å²) in [4.78, 5) is 18.1. The van der Waals surface area contributed by atoms with Gasteiger partial charge in [-0.1, -0.05) is 0 Å². The molecule has 0 aliphatic carbocycles. The molecule has 2 aliphatic rings. The monoisotopic (exact) mass is 310 g/mol. The van der Waals surface area contributed by atoms with E-state index < -0.39 is 0 Å². The highest BCUT2D eigenvalue weighted by atomic mass is 32.1. The minimum atomic E-state index is -0.110. The Morgan fingerprint density at radius 3 is 3.19 bits per heavy atom. The molecule has 2 aliphatic heterocycles. The molecular weight excluding hydrogens is 288 g/mol. The van der Waals surface area contributed by atoms with Gasteiger partial charge in [0.05, 0.1) is 18.6 Å². The summed E-state index contributed by atoms with van der Waals surface area (Å²) >= 11 is 1.45.